The fourth-order valence-electron chi connectivity index (χ4n) is 2.05. The Labute approximate surface area is 145 Å². The molecule has 8 nitrogen and oxygen atoms in total. The van der Waals surface area contributed by atoms with Gasteiger partial charge < -0.3 is 16.2 Å². The van der Waals surface area contributed by atoms with Crippen molar-refractivity contribution >= 4 is 29.2 Å². The van der Waals surface area contributed by atoms with Gasteiger partial charge in [0.25, 0.3) is 5.91 Å². The molecule has 0 radical (unpaired) electrons. The molecule has 1 atom stereocenters. The van der Waals surface area contributed by atoms with E-state index in [4.69, 9.17) is 10.8 Å². The molecule has 0 saturated heterocycles. The number of nitrogen functional groups attached to an aromatic ring is 1. The number of aliphatic carboxylic acids is 1. The Morgan fingerprint density at radius 3 is 2.24 bits per heavy atom. The number of anilines is 2. The fourth-order valence-corrected chi connectivity index (χ4v) is 2.05. The molecule has 0 aliphatic carbocycles. The summed E-state index contributed by atoms with van der Waals surface area (Å²) < 4.78 is 0. The van der Waals surface area contributed by atoms with Gasteiger partial charge in [0.05, 0.1) is 5.69 Å². The van der Waals surface area contributed by atoms with Crippen molar-refractivity contribution in [2.75, 3.05) is 10.6 Å². The molecule has 2 amide bonds. The summed E-state index contributed by atoms with van der Waals surface area (Å²) in [5.41, 5.74) is 5.91. The lowest BCUT2D eigenvalue weighted by molar-refractivity contribution is -0.140. The second-order valence-electron chi connectivity index (χ2n) is 5.65. The highest BCUT2D eigenvalue weighted by molar-refractivity contribution is 6.21. The standard InChI is InChI=1S/C17H20N4O4/c1-10(2)15(17(24)25)20-9-12(8-18)16(23)21(11(3)22)14-6-4-13(19)5-7-14/h4-7,9-10,15,20H,19H2,1-3H3,(H,24,25)/b12-9-. The van der Waals surface area contributed by atoms with Crippen LogP contribution < -0.4 is 16.0 Å². The molecule has 25 heavy (non-hydrogen) atoms. The van der Waals surface area contributed by atoms with E-state index in [1.807, 2.05) is 0 Å². The number of nitrogens with two attached hydrogens (primary N) is 1. The lowest BCUT2D eigenvalue weighted by Crippen LogP contribution is -2.40. The number of amides is 2. The van der Waals surface area contributed by atoms with Gasteiger partial charge in [0.1, 0.15) is 17.7 Å². The number of imide groups is 1. The molecule has 8 heteroatoms. The van der Waals surface area contributed by atoms with Crippen molar-refractivity contribution < 1.29 is 19.5 Å². The van der Waals surface area contributed by atoms with Gasteiger partial charge in [-0.2, -0.15) is 5.26 Å². The van der Waals surface area contributed by atoms with Crippen LogP contribution in [0.5, 0.6) is 0 Å². The molecule has 0 saturated carbocycles. The van der Waals surface area contributed by atoms with E-state index in [2.05, 4.69) is 5.32 Å². The summed E-state index contributed by atoms with van der Waals surface area (Å²) in [6.45, 7) is 4.55. The van der Waals surface area contributed by atoms with Gasteiger partial charge in [0.2, 0.25) is 5.91 Å². The fraction of sp³-hybridized carbons (Fsp3) is 0.294. The molecule has 132 valence electrons. The Morgan fingerprint density at radius 1 is 1.28 bits per heavy atom. The van der Waals surface area contributed by atoms with Crippen molar-refractivity contribution in [1.29, 1.82) is 5.26 Å². The van der Waals surface area contributed by atoms with Crippen LogP contribution in [0.15, 0.2) is 36.0 Å². The third-order valence-electron chi connectivity index (χ3n) is 3.36. The third kappa shape index (κ3) is 5.07. The zero-order valence-corrected chi connectivity index (χ0v) is 14.2. The lowest BCUT2D eigenvalue weighted by Gasteiger charge is -2.20. The van der Waals surface area contributed by atoms with Gasteiger partial charge in [-0.25, -0.2) is 9.69 Å². The molecule has 0 aromatic heterocycles. The zero-order valence-electron chi connectivity index (χ0n) is 14.2. The van der Waals surface area contributed by atoms with Crippen LogP contribution >= 0.6 is 0 Å². The second-order valence-corrected chi connectivity index (χ2v) is 5.65. The van der Waals surface area contributed by atoms with Crippen molar-refractivity contribution in [2.24, 2.45) is 5.92 Å². The number of hydrogen-bond donors (Lipinski definition) is 3. The van der Waals surface area contributed by atoms with E-state index in [1.165, 1.54) is 31.2 Å². The average molecular weight is 344 g/mol. The number of carbonyl (C=O) groups is 3. The van der Waals surface area contributed by atoms with Crippen molar-refractivity contribution in [2.45, 2.75) is 26.8 Å². The minimum absolute atomic E-state index is 0.256. The molecular weight excluding hydrogens is 324 g/mol. The number of hydrogen-bond acceptors (Lipinski definition) is 6. The predicted octanol–water partition coefficient (Wildman–Crippen LogP) is 1.25. The summed E-state index contributed by atoms with van der Waals surface area (Å²) in [7, 11) is 0. The van der Waals surface area contributed by atoms with Gasteiger partial charge >= 0.3 is 5.97 Å². The summed E-state index contributed by atoms with van der Waals surface area (Å²) in [4.78, 5) is 36.4. The Hall–Kier alpha value is -3.34. The van der Waals surface area contributed by atoms with Gasteiger partial charge in [0.15, 0.2) is 0 Å². The molecule has 1 aromatic carbocycles. The van der Waals surface area contributed by atoms with E-state index in [0.717, 1.165) is 11.1 Å². The van der Waals surface area contributed by atoms with E-state index < -0.39 is 23.8 Å². The van der Waals surface area contributed by atoms with E-state index >= 15 is 0 Å². The van der Waals surface area contributed by atoms with Crippen LogP contribution in [0.25, 0.3) is 0 Å². The monoisotopic (exact) mass is 344 g/mol. The number of benzene rings is 1. The minimum atomic E-state index is -1.11. The van der Waals surface area contributed by atoms with Gasteiger partial charge in [-0.15, -0.1) is 0 Å². The average Bonchev–Trinajstić information content (AvgIpc) is 2.52. The van der Waals surface area contributed by atoms with Gasteiger partial charge in [-0.1, -0.05) is 13.8 Å². The highest BCUT2D eigenvalue weighted by Crippen LogP contribution is 2.19. The first kappa shape index (κ1) is 19.7. The first-order valence-corrected chi connectivity index (χ1v) is 7.48. The maximum absolute atomic E-state index is 12.5. The van der Waals surface area contributed by atoms with Crippen LogP contribution in [-0.2, 0) is 14.4 Å². The Morgan fingerprint density at radius 2 is 1.84 bits per heavy atom. The quantitative estimate of drug-likeness (QED) is 0.401. The maximum atomic E-state index is 12.5. The van der Waals surface area contributed by atoms with Gasteiger partial charge in [0, 0.05) is 18.8 Å². The Balaban J connectivity index is 3.15. The molecule has 0 heterocycles. The topological polar surface area (TPSA) is 137 Å². The maximum Gasteiger partial charge on any atom is 0.326 e. The van der Waals surface area contributed by atoms with E-state index in [1.54, 1.807) is 19.9 Å². The number of nitriles is 1. The Bertz CT molecular complexity index is 732. The molecule has 4 N–H and O–H groups in total. The van der Waals surface area contributed by atoms with Crippen LogP contribution in [0, 0.1) is 17.2 Å². The third-order valence-corrected chi connectivity index (χ3v) is 3.36. The zero-order chi connectivity index (χ0) is 19.1. The van der Waals surface area contributed by atoms with Crippen LogP contribution in [0.4, 0.5) is 11.4 Å². The summed E-state index contributed by atoms with van der Waals surface area (Å²) >= 11 is 0. The van der Waals surface area contributed by atoms with Gasteiger partial charge in [-0.05, 0) is 30.2 Å². The number of nitrogens with one attached hydrogen (secondary N) is 1. The van der Waals surface area contributed by atoms with Crippen molar-refractivity contribution in [1.82, 2.24) is 5.32 Å². The van der Waals surface area contributed by atoms with E-state index in [0.29, 0.717) is 5.69 Å². The first-order chi connectivity index (χ1) is 11.7. The molecule has 0 bridgehead atoms. The number of nitrogens with zero attached hydrogens (tertiary/aromatic N) is 2. The molecular formula is C17H20N4O4. The molecule has 0 aliphatic heterocycles. The molecule has 0 fully saturated rings. The van der Waals surface area contributed by atoms with Crippen molar-refractivity contribution in [3.63, 3.8) is 0 Å². The van der Waals surface area contributed by atoms with E-state index in [9.17, 15) is 19.6 Å². The molecule has 1 rings (SSSR count). The molecule has 1 unspecified atom stereocenters. The molecule has 1 aromatic rings. The largest absolute Gasteiger partial charge is 0.480 e. The minimum Gasteiger partial charge on any atom is -0.480 e. The SMILES string of the molecule is CC(=O)N(C(=O)/C(C#N)=C\NC(C(=O)O)C(C)C)c1ccc(N)cc1. The smallest absolute Gasteiger partial charge is 0.326 e. The number of carboxylic acids is 1. The second kappa shape index (κ2) is 8.49. The molecule has 0 spiro atoms. The lowest BCUT2D eigenvalue weighted by atomic mass is 10.1. The Kier molecular flexibility index (Phi) is 6.70. The van der Waals surface area contributed by atoms with Crippen LogP contribution in [0.2, 0.25) is 0 Å². The normalized spacial score (nSPS) is 12.2. The summed E-state index contributed by atoms with van der Waals surface area (Å²) in [5, 5.41) is 20.9. The molecule has 0 aliphatic rings. The van der Waals surface area contributed by atoms with Crippen molar-refractivity contribution in [3.05, 3.63) is 36.0 Å². The summed E-state index contributed by atoms with van der Waals surface area (Å²) in [6, 6.07) is 6.71. The van der Waals surface area contributed by atoms with Crippen LogP contribution in [0.3, 0.4) is 0 Å². The van der Waals surface area contributed by atoms with Gasteiger partial charge in [-0.3, -0.25) is 9.59 Å². The number of carbonyl (C=O) groups excluding carboxylic acids is 2. The first-order valence-electron chi connectivity index (χ1n) is 7.48. The predicted molar refractivity (Wildman–Crippen MR) is 92.1 cm³/mol. The number of carboxylic acid groups (broad SMARTS) is 1. The number of rotatable bonds is 6. The van der Waals surface area contributed by atoms with E-state index in [-0.39, 0.29) is 17.2 Å². The summed E-state index contributed by atoms with van der Waals surface area (Å²) in [6.07, 6.45) is 1.02. The van der Waals surface area contributed by atoms with Crippen LogP contribution in [0.1, 0.15) is 20.8 Å². The van der Waals surface area contributed by atoms with Crippen molar-refractivity contribution in [3.8, 4) is 6.07 Å². The summed E-state index contributed by atoms with van der Waals surface area (Å²) in [5.74, 6) is -2.84. The van der Waals surface area contributed by atoms with Crippen LogP contribution in [-0.4, -0.2) is 28.9 Å². The highest BCUT2D eigenvalue weighted by Gasteiger charge is 2.25. The highest BCUT2D eigenvalue weighted by atomic mass is 16.4.